The average Bonchev–Trinajstić information content (AvgIpc) is 2.54. The van der Waals surface area contributed by atoms with E-state index in [2.05, 4.69) is 0 Å². The van der Waals surface area contributed by atoms with Crippen molar-refractivity contribution in [2.75, 3.05) is 14.2 Å². The van der Waals surface area contributed by atoms with Crippen LogP contribution < -0.4 is 9.47 Å². The molecule has 2 nitrogen and oxygen atoms in total. The Kier molecular flexibility index (Phi) is 3.48. The monoisotopic (exact) mass is 282 g/mol. The number of hydrogen-bond donors (Lipinski definition) is 0. The van der Waals surface area contributed by atoms with Gasteiger partial charge in [0.1, 0.15) is 17.3 Å². The third kappa shape index (κ3) is 2.31. The SMILES string of the molecule is COc1ccc2ccc(OC)c(-c3ccccc3F)c2c1. The Morgan fingerprint density at radius 3 is 2.33 bits per heavy atom. The van der Waals surface area contributed by atoms with Gasteiger partial charge < -0.3 is 9.47 Å². The van der Waals surface area contributed by atoms with Crippen molar-refractivity contribution in [1.29, 1.82) is 0 Å². The second-order valence-corrected chi connectivity index (χ2v) is 4.71. The molecule has 106 valence electrons. The molecule has 0 saturated heterocycles. The van der Waals surface area contributed by atoms with Gasteiger partial charge in [-0.25, -0.2) is 4.39 Å². The van der Waals surface area contributed by atoms with E-state index in [1.165, 1.54) is 6.07 Å². The number of benzene rings is 3. The highest BCUT2D eigenvalue weighted by molar-refractivity contribution is 6.00. The minimum atomic E-state index is -0.272. The molecule has 0 N–H and O–H groups in total. The summed E-state index contributed by atoms with van der Waals surface area (Å²) < 4.78 is 24.9. The van der Waals surface area contributed by atoms with Gasteiger partial charge >= 0.3 is 0 Å². The first-order chi connectivity index (χ1) is 10.2. The highest BCUT2D eigenvalue weighted by Crippen LogP contribution is 2.39. The van der Waals surface area contributed by atoms with E-state index >= 15 is 0 Å². The van der Waals surface area contributed by atoms with Crippen molar-refractivity contribution in [3.05, 3.63) is 60.4 Å². The summed E-state index contributed by atoms with van der Waals surface area (Å²) in [4.78, 5) is 0. The summed E-state index contributed by atoms with van der Waals surface area (Å²) in [6.07, 6.45) is 0. The van der Waals surface area contributed by atoms with Gasteiger partial charge in [-0.3, -0.25) is 0 Å². The Balaban J connectivity index is 2.40. The van der Waals surface area contributed by atoms with Crippen LogP contribution in [0, 0.1) is 5.82 Å². The Bertz CT molecular complexity index is 791. The molecule has 3 aromatic carbocycles. The van der Waals surface area contributed by atoms with E-state index in [0.717, 1.165) is 22.1 Å². The topological polar surface area (TPSA) is 18.5 Å². The Labute approximate surface area is 122 Å². The zero-order chi connectivity index (χ0) is 14.8. The molecule has 0 aliphatic carbocycles. The molecule has 0 spiro atoms. The standard InChI is InChI=1S/C18H15FO2/c1-20-13-9-7-12-8-10-17(21-2)18(15(12)11-13)14-5-3-4-6-16(14)19/h3-11H,1-2H3. The predicted octanol–water partition coefficient (Wildman–Crippen LogP) is 4.66. The molecule has 0 aliphatic heterocycles. The molecule has 0 bridgehead atoms. The van der Waals surface area contributed by atoms with Crippen molar-refractivity contribution >= 4 is 10.8 Å². The van der Waals surface area contributed by atoms with E-state index < -0.39 is 0 Å². The molecule has 21 heavy (non-hydrogen) atoms. The molecule has 0 fully saturated rings. The zero-order valence-electron chi connectivity index (χ0n) is 11.9. The second kappa shape index (κ2) is 5.44. The summed E-state index contributed by atoms with van der Waals surface area (Å²) in [6.45, 7) is 0. The molecule has 0 radical (unpaired) electrons. The summed E-state index contributed by atoms with van der Waals surface area (Å²) in [7, 11) is 3.20. The summed E-state index contributed by atoms with van der Waals surface area (Å²) in [5.41, 5.74) is 1.26. The van der Waals surface area contributed by atoms with Crippen LogP contribution in [-0.4, -0.2) is 14.2 Å². The summed E-state index contributed by atoms with van der Waals surface area (Å²) in [5, 5.41) is 1.91. The largest absolute Gasteiger partial charge is 0.497 e. The lowest BCUT2D eigenvalue weighted by atomic mass is 9.96. The van der Waals surface area contributed by atoms with Crippen molar-refractivity contribution in [3.63, 3.8) is 0 Å². The van der Waals surface area contributed by atoms with E-state index in [4.69, 9.17) is 9.47 Å². The van der Waals surface area contributed by atoms with Crippen LogP contribution in [0.4, 0.5) is 4.39 Å². The van der Waals surface area contributed by atoms with Gasteiger partial charge in [0.05, 0.1) is 14.2 Å². The summed E-state index contributed by atoms with van der Waals surface area (Å²) in [6, 6.07) is 16.3. The third-order valence-electron chi connectivity index (χ3n) is 3.55. The lowest BCUT2D eigenvalue weighted by molar-refractivity contribution is 0.414. The minimum absolute atomic E-state index is 0.272. The van der Waals surface area contributed by atoms with Gasteiger partial charge in [0.15, 0.2) is 0 Å². The molecule has 0 unspecified atom stereocenters. The fourth-order valence-corrected chi connectivity index (χ4v) is 2.52. The van der Waals surface area contributed by atoms with Gasteiger partial charge in [-0.15, -0.1) is 0 Å². The van der Waals surface area contributed by atoms with Gasteiger partial charge in [0, 0.05) is 11.1 Å². The Morgan fingerprint density at radius 2 is 1.62 bits per heavy atom. The van der Waals surface area contributed by atoms with Crippen LogP contribution >= 0.6 is 0 Å². The molecule has 3 rings (SSSR count). The van der Waals surface area contributed by atoms with Gasteiger partial charge in [0.2, 0.25) is 0 Å². The van der Waals surface area contributed by atoms with E-state index in [0.29, 0.717) is 11.3 Å². The van der Waals surface area contributed by atoms with Crippen molar-refractivity contribution in [2.45, 2.75) is 0 Å². The van der Waals surface area contributed by atoms with Gasteiger partial charge in [-0.05, 0) is 35.0 Å². The number of ether oxygens (including phenoxy) is 2. The number of halogens is 1. The molecule has 0 aliphatic rings. The Morgan fingerprint density at radius 1 is 0.857 bits per heavy atom. The molecule has 0 aromatic heterocycles. The van der Waals surface area contributed by atoms with E-state index in [1.807, 2.05) is 36.4 Å². The van der Waals surface area contributed by atoms with Gasteiger partial charge in [-0.2, -0.15) is 0 Å². The summed E-state index contributed by atoms with van der Waals surface area (Å²) >= 11 is 0. The van der Waals surface area contributed by atoms with Crippen molar-refractivity contribution < 1.29 is 13.9 Å². The first-order valence-corrected chi connectivity index (χ1v) is 6.64. The fourth-order valence-electron chi connectivity index (χ4n) is 2.52. The first kappa shape index (κ1) is 13.4. The molecule has 0 atom stereocenters. The van der Waals surface area contributed by atoms with E-state index in [9.17, 15) is 4.39 Å². The normalized spacial score (nSPS) is 10.6. The zero-order valence-corrected chi connectivity index (χ0v) is 11.9. The smallest absolute Gasteiger partial charge is 0.131 e. The average molecular weight is 282 g/mol. The third-order valence-corrected chi connectivity index (χ3v) is 3.55. The molecular formula is C18H15FO2. The maximum atomic E-state index is 14.2. The van der Waals surface area contributed by atoms with E-state index in [1.54, 1.807) is 26.4 Å². The number of rotatable bonds is 3. The van der Waals surface area contributed by atoms with Crippen LogP contribution in [0.25, 0.3) is 21.9 Å². The van der Waals surface area contributed by atoms with E-state index in [-0.39, 0.29) is 5.82 Å². The molecule has 3 heteroatoms. The molecular weight excluding hydrogens is 267 g/mol. The molecule has 0 saturated carbocycles. The van der Waals surface area contributed by atoms with Gasteiger partial charge in [-0.1, -0.05) is 30.3 Å². The maximum absolute atomic E-state index is 14.2. The highest BCUT2D eigenvalue weighted by atomic mass is 19.1. The van der Waals surface area contributed by atoms with Crippen LogP contribution in [-0.2, 0) is 0 Å². The van der Waals surface area contributed by atoms with Crippen LogP contribution in [0.3, 0.4) is 0 Å². The van der Waals surface area contributed by atoms with Crippen LogP contribution in [0.2, 0.25) is 0 Å². The lowest BCUT2D eigenvalue weighted by Crippen LogP contribution is -1.93. The maximum Gasteiger partial charge on any atom is 0.131 e. The van der Waals surface area contributed by atoms with Gasteiger partial charge in [0.25, 0.3) is 0 Å². The van der Waals surface area contributed by atoms with Crippen LogP contribution in [0.5, 0.6) is 11.5 Å². The summed E-state index contributed by atoms with van der Waals surface area (Å²) in [5.74, 6) is 1.10. The molecule has 0 heterocycles. The lowest BCUT2D eigenvalue weighted by Gasteiger charge is -2.14. The molecule has 0 amide bonds. The van der Waals surface area contributed by atoms with Crippen LogP contribution in [0.15, 0.2) is 54.6 Å². The Hall–Kier alpha value is -2.55. The number of methoxy groups -OCH3 is 2. The quantitative estimate of drug-likeness (QED) is 0.695. The number of hydrogen-bond acceptors (Lipinski definition) is 2. The highest BCUT2D eigenvalue weighted by Gasteiger charge is 2.14. The number of fused-ring (bicyclic) bond motifs is 1. The van der Waals surface area contributed by atoms with Crippen molar-refractivity contribution in [2.24, 2.45) is 0 Å². The van der Waals surface area contributed by atoms with Crippen LogP contribution in [0.1, 0.15) is 0 Å². The molecule has 3 aromatic rings. The second-order valence-electron chi connectivity index (χ2n) is 4.71. The fraction of sp³-hybridized carbons (Fsp3) is 0.111. The van der Waals surface area contributed by atoms with Crippen molar-refractivity contribution in [3.8, 4) is 22.6 Å². The minimum Gasteiger partial charge on any atom is -0.497 e. The van der Waals surface area contributed by atoms with Crippen molar-refractivity contribution in [1.82, 2.24) is 0 Å². The first-order valence-electron chi connectivity index (χ1n) is 6.64. The predicted molar refractivity (Wildman–Crippen MR) is 82.4 cm³/mol.